The van der Waals surface area contributed by atoms with Crippen molar-refractivity contribution in [1.82, 2.24) is 4.98 Å². The molecule has 0 aliphatic rings. The Morgan fingerprint density at radius 1 is 1.55 bits per heavy atom. The van der Waals surface area contributed by atoms with Gasteiger partial charge in [0, 0.05) is 22.8 Å². The first-order valence-corrected chi connectivity index (χ1v) is 6.52. The van der Waals surface area contributed by atoms with Crippen LogP contribution in [0, 0.1) is 10.1 Å². The van der Waals surface area contributed by atoms with Gasteiger partial charge >= 0.3 is 5.97 Å². The molecule has 2 N–H and O–H groups in total. The molecule has 2 rings (SSSR count). The number of hydrogen-bond acceptors (Lipinski definition) is 6. The number of aromatic carboxylic acids is 1. The Hall–Kier alpha value is -2.19. The second-order valence-corrected chi connectivity index (χ2v) is 5.42. The van der Waals surface area contributed by atoms with E-state index in [4.69, 9.17) is 16.7 Å². The minimum Gasteiger partial charge on any atom is -0.477 e. The van der Waals surface area contributed by atoms with Gasteiger partial charge < -0.3 is 10.4 Å². The second kappa shape index (κ2) is 5.85. The first kappa shape index (κ1) is 14.2. The maximum atomic E-state index is 10.9. The van der Waals surface area contributed by atoms with Gasteiger partial charge in [-0.2, -0.15) is 0 Å². The monoisotopic (exact) mass is 313 g/mol. The number of rotatable bonds is 5. The molecule has 0 fully saturated rings. The lowest BCUT2D eigenvalue weighted by atomic mass is 10.1. The van der Waals surface area contributed by atoms with Crippen molar-refractivity contribution in [3.05, 3.63) is 49.4 Å². The summed E-state index contributed by atoms with van der Waals surface area (Å²) >= 11 is 6.98. The fourth-order valence-corrected chi connectivity index (χ4v) is 2.45. The van der Waals surface area contributed by atoms with E-state index in [0.717, 1.165) is 4.88 Å². The first-order chi connectivity index (χ1) is 9.47. The highest BCUT2D eigenvalue weighted by Gasteiger charge is 2.19. The number of anilines is 1. The lowest BCUT2D eigenvalue weighted by Gasteiger charge is -2.05. The van der Waals surface area contributed by atoms with Crippen LogP contribution in [0.2, 0.25) is 4.47 Å². The van der Waals surface area contributed by atoms with Crippen LogP contribution in [0.4, 0.5) is 11.4 Å². The minimum absolute atomic E-state index is 0.346. The standard InChI is InChI=1S/C11H8ClN3O4S/c12-11-14-5-7(20-11)4-13-6-1-2-8(10(16)17)9(3-6)15(18)19/h1-3,5,13H,4H2,(H,16,17). The molecule has 1 aromatic heterocycles. The van der Waals surface area contributed by atoms with Crippen LogP contribution in [0.25, 0.3) is 0 Å². The van der Waals surface area contributed by atoms with Gasteiger partial charge in [0.15, 0.2) is 4.47 Å². The second-order valence-electron chi connectivity index (χ2n) is 3.73. The van der Waals surface area contributed by atoms with E-state index in [2.05, 4.69) is 10.3 Å². The average Bonchev–Trinajstić information content (AvgIpc) is 2.81. The maximum absolute atomic E-state index is 10.9. The van der Waals surface area contributed by atoms with E-state index in [9.17, 15) is 14.9 Å². The molecule has 0 atom stereocenters. The molecule has 0 radical (unpaired) electrons. The summed E-state index contributed by atoms with van der Waals surface area (Å²) in [5.74, 6) is -1.34. The number of thiazole rings is 1. The molecule has 1 heterocycles. The fourth-order valence-electron chi connectivity index (χ4n) is 1.53. The van der Waals surface area contributed by atoms with Gasteiger partial charge in [-0.15, -0.1) is 11.3 Å². The summed E-state index contributed by atoms with van der Waals surface area (Å²) in [5, 5.41) is 22.7. The summed E-state index contributed by atoms with van der Waals surface area (Å²) in [6.45, 7) is 0.397. The number of nitrogens with zero attached hydrogens (tertiary/aromatic N) is 2. The SMILES string of the molecule is O=C(O)c1ccc(NCc2cnc(Cl)s2)cc1[N+](=O)[O-]. The number of aromatic nitrogens is 1. The summed E-state index contributed by atoms with van der Waals surface area (Å²) < 4.78 is 0.411. The molecule has 1 aromatic carbocycles. The predicted octanol–water partition coefficient (Wildman–Crippen LogP) is 3.02. The Kier molecular flexibility index (Phi) is 4.16. The molecule has 0 aliphatic heterocycles. The van der Waals surface area contributed by atoms with E-state index in [1.165, 1.54) is 29.5 Å². The van der Waals surface area contributed by atoms with Crippen LogP contribution in [-0.4, -0.2) is 21.0 Å². The molecule has 9 heteroatoms. The smallest absolute Gasteiger partial charge is 0.342 e. The van der Waals surface area contributed by atoms with Crippen molar-refractivity contribution < 1.29 is 14.8 Å². The Bertz CT molecular complexity index is 673. The minimum atomic E-state index is -1.34. The molecule has 0 aliphatic carbocycles. The third kappa shape index (κ3) is 3.22. The average molecular weight is 314 g/mol. The molecular weight excluding hydrogens is 306 g/mol. The number of hydrogen-bond donors (Lipinski definition) is 2. The van der Waals surface area contributed by atoms with Crippen LogP contribution in [0.15, 0.2) is 24.4 Å². The van der Waals surface area contributed by atoms with Crippen LogP contribution in [0.3, 0.4) is 0 Å². The zero-order valence-corrected chi connectivity index (χ0v) is 11.4. The van der Waals surface area contributed by atoms with Gasteiger partial charge in [0.25, 0.3) is 5.69 Å². The summed E-state index contributed by atoms with van der Waals surface area (Å²) in [7, 11) is 0. The van der Waals surface area contributed by atoms with Gasteiger partial charge in [0.2, 0.25) is 0 Å². The van der Waals surface area contributed by atoms with E-state index in [-0.39, 0.29) is 5.56 Å². The number of carbonyl (C=O) groups is 1. The molecule has 0 amide bonds. The van der Waals surface area contributed by atoms with Crippen molar-refractivity contribution in [2.45, 2.75) is 6.54 Å². The maximum Gasteiger partial charge on any atom is 0.342 e. The van der Waals surface area contributed by atoms with Crippen molar-refractivity contribution in [2.75, 3.05) is 5.32 Å². The Balaban J connectivity index is 2.18. The number of carboxylic acid groups (broad SMARTS) is 1. The lowest BCUT2D eigenvalue weighted by Crippen LogP contribution is -2.04. The summed E-state index contributed by atoms with van der Waals surface area (Å²) in [4.78, 5) is 25.7. The largest absolute Gasteiger partial charge is 0.477 e. The van der Waals surface area contributed by atoms with E-state index in [1.54, 1.807) is 6.20 Å². The molecule has 104 valence electrons. The third-order valence-corrected chi connectivity index (χ3v) is 3.53. The van der Waals surface area contributed by atoms with Crippen LogP contribution in [-0.2, 0) is 6.54 Å². The van der Waals surface area contributed by atoms with Crippen molar-refractivity contribution in [1.29, 1.82) is 0 Å². The van der Waals surface area contributed by atoms with Gasteiger partial charge in [0.05, 0.1) is 11.5 Å². The van der Waals surface area contributed by atoms with E-state index in [0.29, 0.717) is 16.7 Å². The van der Waals surface area contributed by atoms with E-state index >= 15 is 0 Å². The van der Waals surface area contributed by atoms with Crippen molar-refractivity contribution in [3.8, 4) is 0 Å². The quantitative estimate of drug-likeness (QED) is 0.649. The van der Waals surface area contributed by atoms with Gasteiger partial charge in [-0.3, -0.25) is 10.1 Å². The number of nitrogens with one attached hydrogen (secondary N) is 1. The highest BCUT2D eigenvalue weighted by molar-refractivity contribution is 7.15. The molecule has 2 aromatic rings. The number of nitro groups is 1. The van der Waals surface area contributed by atoms with Gasteiger partial charge in [-0.05, 0) is 12.1 Å². The highest BCUT2D eigenvalue weighted by atomic mass is 35.5. The first-order valence-electron chi connectivity index (χ1n) is 5.33. The van der Waals surface area contributed by atoms with Crippen molar-refractivity contribution in [2.24, 2.45) is 0 Å². The molecule has 0 saturated heterocycles. The van der Waals surface area contributed by atoms with Crippen LogP contribution in [0.1, 0.15) is 15.2 Å². The Morgan fingerprint density at radius 3 is 2.85 bits per heavy atom. The third-order valence-electron chi connectivity index (χ3n) is 2.42. The van der Waals surface area contributed by atoms with Crippen LogP contribution < -0.4 is 5.32 Å². The number of nitro benzene ring substituents is 1. The molecule has 0 unspecified atom stereocenters. The predicted molar refractivity (Wildman–Crippen MR) is 74.5 cm³/mol. The van der Waals surface area contributed by atoms with Gasteiger partial charge in [-0.1, -0.05) is 11.6 Å². The summed E-state index contributed by atoms with van der Waals surface area (Å²) in [6.07, 6.45) is 1.60. The van der Waals surface area contributed by atoms with Gasteiger partial charge in [0.1, 0.15) is 5.56 Å². The molecule has 7 nitrogen and oxygen atoms in total. The topological polar surface area (TPSA) is 105 Å². The highest BCUT2D eigenvalue weighted by Crippen LogP contribution is 2.24. The number of benzene rings is 1. The van der Waals surface area contributed by atoms with Crippen LogP contribution >= 0.6 is 22.9 Å². The normalized spacial score (nSPS) is 10.2. The van der Waals surface area contributed by atoms with Crippen molar-refractivity contribution >= 4 is 40.3 Å². The molecule has 0 saturated carbocycles. The zero-order valence-electron chi connectivity index (χ0n) is 9.87. The lowest BCUT2D eigenvalue weighted by molar-refractivity contribution is -0.385. The number of halogens is 1. The zero-order chi connectivity index (χ0) is 14.7. The van der Waals surface area contributed by atoms with E-state index in [1.807, 2.05) is 0 Å². The molecule has 0 bridgehead atoms. The van der Waals surface area contributed by atoms with Gasteiger partial charge in [-0.25, -0.2) is 9.78 Å². The van der Waals surface area contributed by atoms with Crippen molar-refractivity contribution in [3.63, 3.8) is 0 Å². The summed E-state index contributed by atoms with van der Waals surface area (Å²) in [6, 6.07) is 3.85. The Morgan fingerprint density at radius 2 is 2.30 bits per heavy atom. The summed E-state index contributed by atoms with van der Waals surface area (Å²) in [5.41, 5.74) is -0.350. The molecule has 0 spiro atoms. The fraction of sp³-hybridized carbons (Fsp3) is 0.0909. The van der Waals surface area contributed by atoms with Crippen LogP contribution in [0.5, 0.6) is 0 Å². The molecular formula is C11H8ClN3O4S. The Labute approximate surface area is 122 Å². The van der Waals surface area contributed by atoms with E-state index < -0.39 is 16.6 Å². The number of carboxylic acids is 1. The molecule has 20 heavy (non-hydrogen) atoms.